The number of hydrogen-bond acceptors (Lipinski definition) is 8. The van der Waals surface area contributed by atoms with Crippen LogP contribution in [-0.2, 0) is 6.54 Å². The van der Waals surface area contributed by atoms with Gasteiger partial charge in [0, 0.05) is 35.0 Å². The summed E-state index contributed by atoms with van der Waals surface area (Å²) >= 11 is 7.57. The molecule has 4 rings (SSSR count). The molecule has 1 aromatic carbocycles. The fourth-order valence-corrected chi connectivity index (χ4v) is 4.02. The minimum Gasteiger partial charge on any atom is -0.481 e. The molecule has 154 valence electrons. The number of aromatic nitrogens is 6. The molecule has 0 spiro atoms. The average Bonchev–Trinajstić information content (AvgIpc) is 3.41. The van der Waals surface area contributed by atoms with Gasteiger partial charge in [-0.25, -0.2) is 4.98 Å². The normalized spacial score (nSPS) is 12.1. The fraction of sp³-hybridized carbons (Fsp3) is 0.250. The highest BCUT2D eigenvalue weighted by Crippen LogP contribution is 2.35. The minimum absolute atomic E-state index is 0.0870. The van der Waals surface area contributed by atoms with E-state index in [0.29, 0.717) is 29.2 Å². The SMILES string of the molecule is CCn1c(SC(C)c2noc(-c3cccc(Cl)c3)n2)nnc1-c1ccnc(OC)c1. The molecule has 0 amide bonds. The Morgan fingerprint density at radius 3 is 2.83 bits per heavy atom. The Hall–Kier alpha value is -2.91. The van der Waals surface area contributed by atoms with E-state index >= 15 is 0 Å². The topological polar surface area (TPSA) is 91.8 Å². The van der Waals surface area contributed by atoms with Crippen molar-refractivity contribution in [2.45, 2.75) is 30.8 Å². The second-order valence-corrected chi connectivity index (χ2v) is 8.11. The number of hydrogen-bond donors (Lipinski definition) is 0. The van der Waals surface area contributed by atoms with Crippen LogP contribution in [0.15, 0.2) is 52.3 Å². The van der Waals surface area contributed by atoms with E-state index in [4.69, 9.17) is 20.9 Å². The van der Waals surface area contributed by atoms with E-state index in [1.54, 1.807) is 25.4 Å². The van der Waals surface area contributed by atoms with Gasteiger partial charge in [-0.15, -0.1) is 10.2 Å². The van der Waals surface area contributed by atoms with Crippen LogP contribution in [0.1, 0.15) is 24.9 Å². The third kappa shape index (κ3) is 4.17. The summed E-state index contributed by atoms with van der Waals surface area (Å²) in [6.45, 7) is 4.76. The van der Waals surface area contributed by atoms with Crippen molar-refractivity contribution in [2.24, 2.45) is 0 Å². The molecule has 8 nitrogen and oxygen atoms in total. The third-order valence-corrected chi connectivity index (χ3v) is 5.71. The Labute approximate surface area is 182 Å². The highest BCUT2D eigenvalue weighted by Gasteiger charge is 2.21. The van der Waals surface area contributed by atoms with Gasteiger partial charge in [-0.2, -0.15) is 4.98 Å². The monoisotopic (exact) mass is 442 g/mol. The Morgan fingerprint density at radius 1 is 1.20 bits per heavy atom. The van der Waals surface area contributed by atoms with Gasteiger partial charge in [0.15, 0.2) is 16.8 Å². The summed E-state index contributed by atoms with van der Waals surface area (Å²) in [5.41, 5.74) is 1.67. The first-order valence-electron chi connectivity index (χ1n) is 9.29. The first-order valence-corrected chi connectivity index (χ1v) is 10.5. The number of nitrogens with zero attached hydrogens (tertiary/aromatic N) is 6. The van der Waals surface area contributed by atoms with Crippen molar-refractivity contribution in [1.82, 2.24) is 29.9 Å². The van der Waals surface area contributed by atoms with E-state index < -0.39 is 0 Å². The van der Waals surface area contributed by atoms with Crippen LogP contribution >= 0.6 is 23.4 Å². The zero-order valence-corrected chi connectivity index (χ0v) is 18.2. The van der Waals surface area contributed by atoms with Gasteiger partial charge in [-0.05, 0) is 38.1 Å². The molecule has 0 saturated carbocycles. The molecule has 0 aliphatic rings. The predicted octanol–water partition coefficient (Wildman–Crippen LogP) is 4.93. The molecule has 0 N–H and O–H groups in total. The lowest BCUT2D eigenvalue weighted by Gasteiger charge is -2.10. The van der Waals surface area contributed by atoms with E-state index in [-0.39, 0.29) is 5.25 Å². The number of ether oxygens (including phenoxy) is 1. The second-order valence-electron chi connectivity index (χ2n) is 6.37. The molecular weight excluding hydrogens is 424 g/mol. The zero-order chi connectivity index (χ0) is 21.1. The van der Waals surface area contributed by atoms with Gasteiger partial charge in [0.05, 0.1) is 12.4 Å². The van der Waals surface area contributed by atoms with Gasteiger partial charge in [0.2, 0.25) is 5.88 Å². The lowest BCUT2D eigenvalue weighted by atomic mass is 10.2. The quantitative estimate of drug-likeness (QED) is 0.372. The van der Waals surface area contributed by atoms with Crippen LogP contribution in [0.5, 0.6) is 5.88 Å². The van der Waals surface area contributed by atoms with Crippen LogP contribution in [0.3, 0.4) is 0 Å². The number of thioether (sulfide) groups is 1. The summed E-state index contributed by atoms with van der Waals surface area (Å²) in [6.07, 6.45) is 1.69. The molecule has 3 aromatic heterocycles. The molecule has 0 fully saturated rings. The molecule has 0 saturated heterocycles. The largest absolute Gasteiger partial charge is 0.481 e. The molecule has 1 atom stereocenters. The Balaban J connectivity index is 1.57. The van der Waals surface area contributed by atoms with Crippen molar-refractivity contribution in [2.75, 3.05) is 7.11 Å². The molecule has 1 unspecified atom stereocenters. The van der Waals surface area contributed by atoms with Crippen molar-refractivity contribution >= 4 is 23.4 Å². The van der Waals surface area contributed by atoms with Gasteiger partial charge in [0.25, 0.3) is 5.89 Å². The van der Waals surface area contributed by atoms with Crippen LogP contribution in [0, 0.1) is 0 Å². The molecule has 3 heterocycles. The maximum atomic E-state index is 6.05. The van der Waals surface area contributed by atoms with E-state index in [1.165, 1.54) is 11.8 Å². The van der Waals surface area contributed by atoms with Gasteiger partial charge < -0.3 is 13.8 Å². The Bertz CT molecular complexity index is 1160. The van der Waals surface area contributed by atoms with E-state index in [1.807, 2.05) is 42.7 Å². The van der Waals surface area contributed by atoms with Crippen LogP contribution in [0.4, 0.5) is 0 Å². The van der Waals surface area contributed by atoms with Crippen LogP contribution < -0.4 is 4.74 Å². The summed E-state index contributed by atoms with van der Waals surface area (Å²) in [6, 6.07) is 11.0. The number of pyridine rings is 1. The number of benzene rings is 1. The summed E-state index contributed by atoms with van der Waals surface area (Å²) < 4.78 is 12.7. The molecule has 0 bridgehead atoms. The van der Waals surface area contributed by atoms with Crippen molar-refractivity contribution in [3.8, 4) is 28.7 Å². The highest BCUT2D eigenvalue weighted by molar-refractivity contribution is 7.99. The van der Waals surface area contributed by atoms with E-state index in [0.717, 1.165) is 22.1 Å². The minimum atomic E-state index is -0.0870. The maximum absolute atomic E-state index is 6.05. The van der Waals surface area contributed by atoms with Crippen molar-refractivity contribution < 1.29 is 9.26 Å². The van der Waals surface area contributed by atoms with Crippen molar-refractivity contribution in [3.63, 3.8) is 0 Å². The molecule has 30 heavy (non-hydrogen) atoms. The predicted molar refractivity (Wildman–Crippen MR) is 114 cm³/mol. The van der Waals surface area contributed by atoms with Crippen LogP contribution in [0.2, 0.25) is 5.02 Å². The molecule has 0 radical (unpaired) electrons. The highest BCUT2D eigenvalue weighted by atomic mass is 35.5. The molecular formula is C20H19ClN6O2S. The van der Waals surface area contributed by atoms with Gasteiger partial charge >= 0.3 is 0 Å². The first-order chi connectivity index (χ1) is 14.6. The standard InChI is InChI=1S/C20H19ClN6O2S/c1-4-27-18(13-8-9-22-16(11-13)28-3)24-25-20(27)30-12(2)17-23-19(29-26-17)14-6-5-7-15(21)10-14/h5-12H,4H2,1-3H3. The molecule has 0 aliphatic heterocycles. The van der Waals surface area contributed by atoms with E-state index in [2.05, 4.69) is 25.3 Å². The summed E-state index contributed by atoms with van der Waals surface area (Å²) in [5, 5.41) is 14.2. The summed E-state index contributed by atoms with van der Waals surface area (Å²) in [7, 11) is 1.59. The first kappa shape index (κ1) is 20.4. The summed E-state index contributed by atoms with van der Waals surface area (Å²) in [4.78, 5) is 8.67. The van der Waals surface area contributed by atoms with Gasteiger partial charge in [-0.3, -0.25) is 0 Å². The second kappa shape index (κ2) is 8.85. The maximum Gasteiger partial charge on any atom is 0.258 e. The van der Waals surface area contributed by atoms with Crippen LogP contribution in [0.25, 0.3) is 22.8 Å². The third-order valence-electron chi connectivity index (χ3n) is 4.39. The van der Waals surface area contributed by atoms with Crippen molar-refractivity contribution in [1.29, 1.82) is 0 Å². The fourth-order valence-electron chi connectivity index (χ4n) is 2.88. The lowest BCUT2D eigenvalue weighted by molar-refractivity contribution is 0.398. The zero-order valence-electron chi connectivity index (χ0n) is 16.6. The Morgan fingerprint density at radius 2 is 2.07 bits per heavy atom. The molecule has 10 heteroatoms. The lowest BCUT2D eigenvalue weighted by Crippen LogP contribution is -2.02. The molecule has 4 aromatic rings. The number of rotatable bonds is 7. The van der Waals surface area contributed by atoms with Crippen LogP contribution in [-0.4, -0.2) is 37.0 Å². The van der Waals surface area contributed by atoms with Crippen molar-refractivity contribution in [3.05, 3.63) is 53.4 Å². The smallest absolute Gasteiger partial charge is 0.258 e. The molecule has 0 aliphatic carbocycles. The Kier molecular flexibility index (Phi) is 6.01. The van der Waals surface area contributed by atoms with E-state index in [9.17, 15) is 0 Å². The van der Waals surface area contributed by atoms with Gasteiger partial charge in [0.1, 0.15) is 0 Å². The number of halogens is 1. The summed E-state index contributed by atoms with van der Waals surface area (Å²) in [5.74, 6) is 2.29. The number of methoxy groups -OCH3 is 1. The van der Waals surface area contributed by atoms with Gasteiger partial charge in [-0.1, -0.05) is 34.6 Å². The average molecular weight is 443 g/mol.